The average molecular weight is 390 g/mol. The minimum atomic E-state index is -5.14. The van der Waals surface area contributed by atoms with E-state index in [4.69, 9.17) is 0 Å². The normalized spacial score (nSPS) is 13.4. The molecule has 140 valence electrons. The highest BCUT2D eigenvalue weighted by molar-refractivity contribution is 7.90. The molecule has 0 radical (unpaired) electrons. The molecule has 0 saturated carbocycles. The molecular weight excluding hydrogens is 377 g/mol. The number of hydrogen-bond donors (Lipinski definition) is 1. The number of benzene rings is 1. The van der Waals surface area contributed by atoms with E-state index in [1.807, 2.05) is 0 Å². The van der Waals surface area contributed by atoms with Crippen molar-refractivity contribution in [1.82, 2.24) is 9.78 Å². The molecule has 2 rings (SSSR count). The second kappa shape index (κ2) is 6.48. The number of ether oxygens (including phenoxy) is 1. The summed E-state index contributed by atoms with van der Waals surface area (Å²) in [6, 6.07) is 4.83. The third-order valence-corrected chi connectivity index (χ3v) is 4.54. The van der Waals surface area contributed by atoms with Crippen LogP contribution < -0.4 is 16.1 Å². The number of carbonyl (C=O) groups excluding carboxylic acids is 1. The summed E-state index contributed by atoms with van der Waals surface area (Å²) < 4.78 is 67.3. The number of alkyl halides is 3. The van der Waals surface area contributed by atoms with Gasteiger partial charge in [-0.3, -0.25) is 9.89 Å². The number of esters is 1. The largest absolute Gasteiger partial charge is 0.465 e. The lowest BCUT2D eigenvalue weighted by atomic mass is 10.2. The van der Waals surface area contributed by atoms with Crippen molar-refractivity contribution in [1.29, 1.82) is 0 Å². The molecule has 0 aliphatic heterocycles. The van der Waals surface area contributed by atoms with Crippen LogP contribution in [0.25, 0.3) is 17.8 Å². The molecule has 0 saturated heterocycles. The van der Waals surface area contributed by atoms with Gasteiger partial charge < -0.3 is 4.74 Å². The van der Waals surface area contributed by atoms with Crippen LogP contribution in [-0.2, 0) is 19.4 Å². The Hall–Kier alpha value is -2.82. The Morgan fingerprint density at radius 2 is 1.77 bits per heavy atom. The van der Waals surface area contributed by atoms with E-state index in [0.29, 0.717) is 0 Å². The summed E-state index contributed by atoms with van der Waals surface area (Å²) in [5, 5.41) is 0.914. The number of nitrogens with zero attached hydrogens (tertiary/aromatic N) is 1. The van der Waals surface area contributed by atoms with Gasteiger partial charge in [-0.1, -0.05) is 6.58 Å². The van der Waals surface area contributed by atoms with Crippen LogP contribution in [0.3, 0.4) is 0 Å². The van der Waals surface area contributed by atoms with Crippen LogP contribution in [0.5, 0.6) is 0 Å². The summed E-state index contributed by atoms with van der Waals surface area (Å²) in [5.41, 5.74) is -2.90. The van der Waals surface area contributed by atoms with Gasteiger partial charge in [-0.05, 0) is 24.3 Å². The monoisotopic (exact) mass is 390 g/mol. The van der Waals surface area contributed by atoms with Crippen LogP contribution in [0.4, 0.5) is 13.2 Å². The van der Waals surface area contributed by atoms with Gasteiger partial charge >= 0.3 is 12.1 Å². The van der Waals surface area contributed by atoms with Crippen LogP contribution in [0.15, 0.2) is 34.0 Å². The highest BCUT2D eigenvalue weighted by Crippen LogP contribution is 2.26. The van der Waals surface area contributed by atoms with Gasteiger partial charge in [-0.15, -0.1) is 0 Å². The first-order valence-electron chi connectivity index (χ1n) is 6.88. The molecule has 26 heavy (non-hydrogen) atoms. The van der Waals surface area contributed by atoms with Crippen molar-refractivity contribution in [2.75, 3.05) is 13.4 Å². The molecule has 0 fully saturated rings. The smallest absolute Gasteiger partial charge is 0.424 e. The fourth-order valence-electron chi connectivity index (χ4n) is 2.23. The van der Waals surface area contributed by atoms with Crippen molar-refractivity contribution in [3.05, 3.63) is 45.2 Å². The maximum Gasteiger partial charge on any atom is 0.424 e. The van der Waals surface area contributed by atoms with E-state index in [-0.39, 0.29) is 10.6 Å². The first-order valence-corrected chi connectivity index (χ1v) is 8.77. The highest BCUT2D eigenvalue weighted by Gasteiger charge is 2.41. The van der Waals surface area contributed by atoms with Crippen molar-refractivity contribution in [3.8, 4) is 5.69 Å². The van der Waals surface area contributed by atoms with Gasteiger partial charge in [0.2, 0.25) is 0 Å². The predicted molar refractivity (Wildman–Crippen MR) is 85.8 cm³/mol. The Kier molecular flexibility index (Phi) is 4.86. The number of H-pyrrole nitrogens is 1. The fraction of sp³-hybridized carbons (Fsp3) is 0.200. The molecule has 0 bridgehead atoms. The van der Waals surface area contributed by atoms with Crippen molar-refractivity contribution in [3.63, 3.8) is 0 Å². The number of carbonyl (C=O) groups is 1. The Balaban J connectivity index is 2.80. The van der Waals surface area contributed by atoms with Crippen molar-refractivity contribution in [2.24, 2.45) is 0 Å². The van der Waals surface area contributed by atoms with Gasteiger partial charge in [0, 0.05) is 6.26 Å². The van der Waals surface area contributed by atoms with Gasteiger partial charge in [0.05, 0.1) is 28.3 Å². The molecule has 0 unspecified atom stereocenters. The van der Waals surface area contributed by atoms with Crippen LogP contribution in [0, 0.1) is 0 Å². The quantitative estimate of drug-likeness (QED) is 0.736. The SMILES string of the molecule is C=c1[nH]n(-c2ccc(S(C)(=O)=O)cc2)c(=O)c1=C(C(=O)OC)C(F)(F)F. The molecule has 1 heterocycles. The molecular formula is C15H13F3N2O5S. The zero-order valence-corrected chi connectivity index (χ0v) is 14.4. The van der Waals surface area contributed by atoms with E-state index in [1.165, 1.54) is 24.3 Å². The third-order valence-electron chi connectivity index (χ3n) is 3.41. The lowest BCUT2D eigenvalue weighted by molar-refractivity contribution is -0.140. The zero-order valence-electron chi connectivity index (χ0n) is 13.5. The third kappa shape index (κ3) is 3.57. The van der Waals surface area contributed by atoms with Crippen LogP contribution >= 0.6 is 0 Å². The molecule has 0 aliphatic carbocycles. The number of nitrogens with one attached hydrogen (secondary N) is 1. The lowest BCUT2D eigenvalue weighted by Gasteiger charge is -2.08. The molecule has 1 N–H and O–H groups in total. The molecule has 11 heteroatoms. The standard InChI is InChI=1S/C15H13F3N2O5S/c1-8-11(12(14(22)25-2)15(16,17)18)13(21)20(19-8)9-4-6-10(7-5-9)26(3,23)24/h4-7,19H,1H2,2-3H3. The number of rotatable bonds is 3. The number of sulfone groups is 1. The van der Waals surface area contributed by atoms with E-state index >= 15 is 0 Å². The van der Waals surface area contributed by atoms with E-state index < -0.39 is 43.7 Å². The van der Waals surface area contributed by atoms with Gasteiger partial charge in [-0.2, -0.15) is 13.2 Å². The predicted octanol–water partition coefficient (Wildman–Crippen LogP) is -0.135. The Labute approximate surface area is 144 Å². The minimum Gasteiger partial charge on any atom is -0.465 e. The Morgan fingerprint density at radius 1 is 1.23 bits per heavy atom. The molecule has 2 aromatic rings. The summed E-state index contributed by atoms with van der Waals surface area (Å²) in [4.78, 5) is 23.9. The Morgan fingerprint density at radius 3 is 2.19 bits per heavy atom. The molecule has 0 amide bonds. The molecule has 0 aliphatic rings. The summed E-state index contributed by atoms with van der Waals surface area (Å²) in [6.45, 7) is 3.33. The average Bonchev–Trinajstić information content (AvgIpc) is 2.81. The number of aromatic amines is 1. The number of hydrogen-bond acceptors (Lipinski definition) is 5. The fourth-order valence-corrected chi connectivity index (χ4v) is 2.86. The highest BCUT2D eigenvalue weighted by atomic mass is 32.2. The molecule has 7 nitrogen and oxygen atoms in total. The van der Waals surface area contributed by atoms with Crippen LogP contribution in [0.1, 0.15) is 0 Å². The van der Waals surface area contributed by atoms with Gasteiger partial charge in [0.15, 0.2) is 15.4 Å². The lowest BCUT2D eigenvalue weighted by Crippen LogP contribution is -2.42. The van der Waals surface area contributed by atoms with Crippen LogP contribution in [0.2, 0.25) is 0 Å². The van der Waals surface area contributed by atoms with E-state index in [1.54, 1.807) is 0 Å². The molecule has 0 atom stereocenters. The second-order valence-electron chi connectivity index (χ2n) is 5.24. The first kappa shape index (κ1) is 19.5. The van der Waals surface area contributed by atoms with E-state index in [9.17, 15) is 31.2 Å². The summed E-state index contributed by atoms with van der Waals surface area (Å²) >= 11 is 0. The zero-order chi connectivity index (χ0) is 19.9. The van der Waals surface area contributed by atoms with Crippen molar-refractivity contribution >= 4 is 28.0 Å². The van der Waals surface area contributed by atoms with E-state index in [0.717, 1.165) is 18.0 Å². The Bertz CT molecular complexity index is 1130. The second-order valence-corrected chi connectivity index (χ2v) is 7.25. The van der Waals surface area contributed by atoms with Crippen molar-refractivity contribution in [2.45, 2.75) is 11.1 Å². The minimum absolute atomic E-state index is 0.0342. The summed E-state index contributed by atoms with van der Waals surface area (Å²) in [6.07, 6.45) is -4.16. The molecule has 0 spiro atoms. The van der Waals surface area contributed by atoms with Gasteiger partial charge in [-0.25, -0.2) is 17.9 Å². The topological polar surface area (TPSA) is 98.2 Å². The maximum absolute atomic E-state index is 13.2. The number of aromatic nitrogens is 2. The number of methoxy groups -OCH3 is 1. The van der Waals surface area contributed by atoms with Crippen LogP contribution in [-0.4, -0.2) is 43.7 Å². The summed E-state index contributed by atoms with van der Waals surface area (Å²) in [7, 11) is -2.73. The number of halogens is 3. The van der Waals surface area contributed by atoms with Gasteiger partial charge in [0.25, 0.3) is 5.56 Å². The molecule has 1 aromatic carbocycles. The first-order chi connectivity index (χ1) is 11.9. The van der Waals surface area contributed by atoms with E-state index in [2.05, 4.69) is 16.4 Å². The van der Waals surface area contributed by atoms with Crippen molar-refractivity contribution < 1.29 is 31.1 Å². The maximum atomic E-state index is 13.2. The summed E-state index contributed by atoms with van der Waals surface area (Å²) in [5.74, 6) is -1.72. The molecule has 1 aromatic heterocycles. The van der Waals surface area contributed by atoms with Gasteiger partial charge in [0.1, 0.15) is 0 Å².